The van der Waals surface area contributed by atoms with Crippen molar-refractivity contribution in [3.8, 4) is 0 Å². The van der Waals surface area contributed by atoms with Gasteiger partial charge in [-0.3, -0.25) is 0 Å². The normalized spacial score (nSPS) is 27.3. The summed E-state index contributed by atoms with van der Waals surface area (Å²) in [6.07, 6.45) is -0.429. The van der Waals surface area contributed by atoms with E-state index in [4.69, 9.17) is 0 Å². The molecule has 1 aromatic carbocycles. The minimum atomic E-state index is -3.69. The third-order valence-corrected chi connectivity index (χ3v) is 5.53. The second kappa shape index (κ2) is 5.07. The van der Waals surface area contributed by atoms with Crippen LogP contribution in [0.15, 0.2) is 24.3 Å². The topological polar surface area (TPSA) is 69.6 Å². The van der Waals surface area contributed by atoms with Gasteiger partial charge in [0.05, 0.1) is 6.04 Å². The van der Waals surface area contributed by atoms with Crippen molar-refractivity contribution in [2.24, 2.45) is 5.92 Å². The van der Waals surface area contributed by atoms with E-state index in [9.17, 15) is 17.9 Å². The highest BCUT2D eigenvalue weighted by Gasteiger charge is 2.40. The Hall–Kier alpha value is -1.02. The fourth-order valence-electron chi connectivity index (χ4n) is 2.83. The van der Waals surface area contributed by atoms with Gasteiger partial charge in [-0.15, -0.1) is 0 Å². The van der Waals surface area contributed by atoms with Gasteiger partial charge >= 0.3 is 0 Å². The summed E-state index contributed by atoms with van der Waals surface area (Å²) in [5, 5.41) is 9.45. The van der Waals surface area contributed by atoms with Crippen LogP contribution in [0, 0.1) is 5.92 Å². The van der Waals surface area contributed by atoms with Crippen molar-refractivity contribution in [2.45, 2.75) is 18.6 Å². The molecule has 0 saturated carbocycles. The highest BCUT2D eigenvalue weighted by atomic mass is 32.2. The molecule has 2 N–H and O–H groups in total. The molecule has 0 unspecified atom stereocenters. The van der Waals surface area contributed by atoms with Crippen LogP contribution in [0.1, 0.15) is 17.2 Å². The van der Waals surface area contributed by atoms with Crippen LogP contribution in [-0.2, 0) is 16.6 Å². The van der Waals surface area contributed by atoms with Gasteiger partial charge in [-0.05, 0) is 17.5 Å². The van der Waals surface area contributed by atoms with Gasteiger partial charge in [0.2, 0.25) is 0 Å². The number of aliphatic hydroxyl groups excluding tert-OH is 1. The van der Waals surface area contributed by atoms with E-state index in [0.717, 1.165) is 15.4 Å². The van der Waals surface area contributed by atoms with Gasteiger partial charge in [0, 0.05) is 25.6 Å². The largest absolute Gasteiger partial charge is 0.396 e. The summed E-state index contributed by atoms with van der Waals surface area (Å²) in [4.78, 5) is 0. The maximum atomic E-state index is 12.8. The molecule has 2 atom stereocenters. The predicted molar refractivity (Wildman–Crippen MR) is 72.0 cm³/mol. The first-order chi connectivity index (χ1) is 9.51. The number of hydrogen-bond acceptors (Lipinski definition) is 3. The van der Waals surface area contributed by atoms with Crippen LogP contribution in [0.2, 0.25) is 0 Å². The molecule has 1 saturated heterocycles. The molecule has 20 heavy (non-hydrogen) atoms. The number of nitrogens with zero attached hydrogens (tertiary/aromatic N) is 1. The molecule has 7 heteroatoms. The highest BCUT2D eigenvalue weighted by molar-refractivity contribution is 7.87. The maximum absolute atomic E-state index is 12.8. The van der Waals surface area contributed by atoms with Crippen molar-refractivity contribution in [1.29, 1.82) is 0 Å². The van der Waals surface area contributed by atoms with Gasteiger partial charge in [0.25, 0.3) is 10.2 Å². The first kappa shape index (κ1) is 13.9. The smallest absolute Gasteiger partial charge is 0.280 e. The number of rotatable bonds is 4. The van der Waals surface area contributed by atoms with E-state index < -0.39 is 22.4 Å². The lowest BCUT2D eigenvalue weighted by molar-refractivity contribution is 0.138. The lowest BCUT2D eigenvalue weighted by atomic mass is 10.0. The van der Waals surface area contributed by atoms with Crippen LogP contribution < -0.4 is 4.72 Å². The van der Waals surface area contributed by atoms with E-state index in [1.165, 1.54) is 0 Å². The van der Waals surface area contributed by atoms with Gasteiger partial charge in [0.1, 0.15) is 6.17 Å². The summed E-state index contributed by atoms with van der Waals surface area (Å²) in [5.74, 6) is -0.176. The van der Waals surface area contributed by atoms with Crippen molar-refractivity contribution in [1.82, 2.24) is 9.03 Å². The molecule has 0 spiro atoms. The number of nitrogens with one attached hydrogen (secondary N) is 1. The number of fused-ring (bicyclic) bond motifs is 1. The average Bonchev–Trinajstić information content (AvgIpc) is 2.73. The standard InChI is InChI=1S/C13H17FN2O3S/c14-11-6-16(7-11)20(18,19)15-13-10(8-17)5-9-3-1-2-4-12(9)13/h1-4,10-11,13,15,17H,5-8H2/t10-,13+/m0/s1. The van der Waals surface area contributed by atoms with E-state index in [-0.39, 0.29) is 25.6 Å². The van der Waals surface area contributed by atoms with Crippen molar-refractivity contribution in [3.05, 3.63) is 35.4 Å². The molecule has 5 nitrogen and oxygen atoms in total. The van der Waals surface area contributed by atoms with E-state index in [2.05, 4.69) is 4.72 Å². The first-order valence-electron chi connectivity index (χ1n) is 6.61. The molecular weight excluding hydrogens is 283 g/mol. The fraction of sp³-hybridized carbons (Fsp3) is 0.538. The molecule has 1 fully saturated rings. The Bertz CT molecular complexity index is 601. The zero-order valence-electron chi connectivity index (χ0n) is 10.9. The Kier molecular flexibility index (Phi) is 3.53. The van der Waals surface area contributed by atoms with Crippen molar-refractivity contribution in [3.63, 3.8) is 0 Å². The summed E-state index contributed by atoms with van der Waals surface area (Å²) in [5.41, 5.74) is 1.94. The minimum absolute atomic E-state index is 0.0897. The second-order valence-electron chi connectivity index (χ2n) is 5.36. The Morgan fingerprint density at radius 2 is 2.05 bits per heavy atom. The van der Waals surface area contributed by atoms with Gasteiger partial charge in [-0.1, -0.05) is 24.3 Å². The van der Waals surface area contributed by atoms with Gasteiger partial charge < -0.3 is 5.11 Å². The van der Waals surface area contributed by atoms with Crippen LogP contribution in [0.4, 0.5) is 4.39 Å². The molecule has 1 aliphatic heterocycles. The quantitative estimate of drug-likeness (QED) is 0.844. The highest BCUT2D eigenvalue weighted by Crippen LogP contribution is 2.36. The number of alkyl halides is 1. The van der Waals surface area contributed by atoms with E-state index >= 15 is 0 Å². The van der Waals surface area contributed by atoms with Crippen LogP contribution in [0.5, 0.6) is 0 Å². The number of hydrogen-bond donors (Lipinski definition) is 2. The second-order valence-corrected chi connectivity index (χ2v) is 7.06. The average molecular weight is 300 g/mol. The summed E-state index contributed by atoms with van der Waals surface area (Å²) in [6.45, 7) is -0.269. The van der Waals surface area contributed by atoms with Crippen molar-refractivity contribution in [2.75, 3.05) is 19.7 Å². The monoisotopic (exact) mass is 300 g/mol. The zero-order valence-corrected chi connectivity index (χ0v) is 11.7. The van der Waals surface area contributed by atoms with Crippen LogP contribution in [0.3, 0.4) is 0 Å². The predicted octanol–water partition coefficient (Wildman–Crippen LogP) is 0.380. The van der Waals surface area contributed by atoms with Crippen LogP contribution >= 0.6 is 0 Å². The molecule has 1 heterocycles. The van der Waals surface area contributed by atoms with Crippen LogP contribution in [-0.4, -0.2) is 43.7 Å². The first-order valence-corrected chi connectivity index (χ1v) is 8.05. The van der Waals surface area contributed by atoms with Gasteiger partial charge in [-0.2, -0.15) is 17.4 Å². The van der Waals surface area contributed by atoms with E-state index in [1.807, 2.05) is 24.3 Å². The molecule has 3 rings (SSSR count). The fourth-order valence-corrected chi connectivity index (χ4v) is 4.33. The molecule has 110 valence electrons. The molecule has 2 aliphatic rings. The molecule has 1 aliphatic carbocycles. The summed E-state index contributed by atoms with van der Waals surface area (Å²) >= 11 is 0. The number of benzene rings is 1. The van der Waals surface area contributed by atoms with Gasteiger partial charge in [0.15, 0.2) is 0 Å². The Morgan fingerprint density at radius 3 is 2.70 bits per heavy atom. The summed E-state index contributed by atoms with van der Waals surface area (Å²) in [6, 6.07) is 7.11. The Balaban J connectivity index is 1.82. The molecule has 0 amide bonds. The summed E-state index contributed by atoms with van der Waals surface area (Å²) in [7, 11) is -3.69. The van der Waals surface area contributed by atoms with E-state index in [0.29, 0.717) is 6.42 Å². The van der Waals surface area contributed by atoms with Crippen molar-refractivity contribution < 1.29 is 17.9 Å². The summed E-state index contributed by atoms with van der Waals surface area (Å²) < 4.78 is 40.8. The molecule has 1 aromatic rings. The number of halogens is 1. The molecular formula is C13H17FN2O3S. The number of aliphatic hydroxyl groups is 1. The van der Waals surface area contributed by atoms with E-state index in [1.54, 1.807) is 0 Å². The Morgan fingerprint density at radius 1 is 1.35 bits per heavy atom. The molecule has 0 bridgehead atoms. The third-order valence-electron chi connectivity index (χ3n) is 4.00. The lowest BCUT2D eigenvalue weighted by Gasteiger charge is -2.34. The molecule has 0 aromatic heterocycles. The van der Waals surface area contributed by atoms with Crippen LogP contribution in [0.25, 0.3) is 0 Å². The maximum Gasteiger partial charge on any atom is 0.280 e. The third kappa shape index (κ3) is 2.35. The lowest BCUT2D eigenvalue weighted by Crippen LogP contribution is -2.56. The van der Waals surface area contributed by atoms with Gasteiger partial charge in [-0.25, -0.2) is 4.39 Å². The minimum Gasteiger partial charge on any atom is -0.396 e. The molecule has 0 radical (unpaired) electrons. The van der Waals surface area contributed by atoms with Crippen molar-refractivity contribution >= 4 is 10.2 Å². The Labute approximate surface area is 117 Å². The zero-order chi connectivity index (χ0) is 14.3. The SMILES string of the molecule is O=S(=O)(N[C@H]1c2ccccc2C[C@H]1CO)N1CC(F)C1.